The molecule has 2 bridgehead atoms. The van der Waals surface area contributed by atoms with Gasteiger partial charge in [-0.15, -0.1) is 0 Å². The zero-order chi connectivity index (χ0) is 8.98. The molecular formula is C11H20O. The summed E-state index contributed by atoms with van der Waals surface area (Å²) in [6.07, 6.45) is 3.98. The Bertz CT molecular complexity index is 197. The van der Waals surface area contributed by atoms with Gasteiger partial charge in [-0.05, 0) is 41.9 Å². The van der Waals surface area contributed by atoms with Crippen molar-refractivity contribution in [2.45, 2.75) is 40.0 Å². The molecule has 3 atom stereocenters. The number of rotatable bonds is 1. The van der Waals surface area contributed by atoms with Crippen molar-refractivity contribution in [2.24, 2.45) is 22.7 Å². The summed E-state index contributed by atoms with van der Waals surface area (Å²) < 4.78 is 0. The number of aliphatic hydroxyl groups excluding tert-OH is 1. The Hall–Kier alpha value is -0.0400. The summed E-state index contributed by atoms with van der Waals surface area (Å²) in [7, 11) is 0. The predicted molar refractivity (Wildman–Crippen MR) is 49.8 cm³/mol. The fourth-order valence-electron chi connectivity index (χ4n) is 3.65. The first-order valence-corrected chi connectivity index (χ1v) is 5.13. The van der Waals surface area contributed by atoms with Crippen LogP contribution in [0.5, 0.6) is 0 Å². The molecule has 2 rings (SSSR count). The Labute approximate surface area is 75.2 Å². The average molecular weight is 168 g/mol. The normalized spacial score (nSPS) is 50.0. The largest absolute Gasteiger partial charge is 0.396 e. The molecule has 2 unspecified atom stereocenters. The molecule has 2 aliphatic carbocycles. The Morgan fingerprint density at radius 1 is 1.33 bits per heavy atom. The lowest BCUT2D eigenvalue weighted by atomic mass is 9.67. The van der Waals surface area contributed by atoms with E-state index in [1.165, 1.54) is 19.3 Å². The van der Waals surface area contributed by atoms with Crippen molar-refractivity contribution in [3.05, 3.63) is 0 Å². The Kier molecular flexibility index (Phi) is 1.61. The number of hydrogen-bond donors (Lipinski definition) is 1. The summed E-state index contributed by atoms with van der Waals surface area (Å²) in [5.74, 6) is 1.45. The fourth-order valence-corrected chi connectivity index (χ4v) is 3.65. The van der Waals surface area contributed by atoms with E-state index in [4.69, 9.17) is 0 Å². The van der Waals surface area contributed by atoms with E-state index < -0.39 is 0 Å². The maximum atomic E-state index is 9.29. The van der Waals surface area contributed by atoms with Crippen molar-refractivity contribution in [1.29, 1.82) is 0 Å². The zero-order valence-corrected chi connectivity index (χ0v) is 8.43. The van der Waals surface area contributed by atoms with Crippen LogP contribution in [0, 0.1) is 22.7 Å². The topological polar surface area (TPSA) is 20.2 Å². The highest BCUT2D eigenvalue weighted by Gasteiger charge is 2.60. The molecule has 12 heavy (non-hydrogen) atoms. The predicted octanol–water partition coefficient (Wildman–Crippen LogP) is 2.44. The van der Waals surface area contributed by atoms with Crippen LogP contribution >= 0.6 is 0 Å². The highest BCUT2D eigenvalue weighted by molar-refractivity contribution is 5.09. The summed E-state index contributed by atoms with van der Waals surface area (Å²) in [4.78, 5) is 0. The molecule has 0 aromatic carbocycles. The van der Waals surface area contributed by atoms with E-state index in [2.05, 4.69) is 20.8 Å². The van der Waals surface area contributed by atoms with E-state index in [-0.39, 0.29) is 0 Å². The molecule has 0 heterocycles. The first-order valence-electron chi connectivity index (χ1n) is 5.13. The van der Waals surface area contributed by atoms with Crippen LogP contribution < -0.4 is 0 Å². The smallest absolute Gasteiger partial charge is 0.0464 e. The van der Waals surface area contributed by atoms with Gasteiger partial charge < -0.3 is 5.11 Å². The van der Waals surface area contributed by atoms with E-state index >= 15 is 0 Å². The molecule has 70 valence electrons. The van der Waals surface area contributed by atoms with Gasteiger partial charge in [-0.2, -0.15) is 0 Å². The molecule has 0 aliphatic heterocycles. The summed E-state index contributed by atoms with van der Waals surface area (Å²) in [6, 6.07) is 0. The lowest BCUT2D eigenvalue weighted by molar-refractivity contribution is 0.0625. The van der Waals surface area contributed by atoms with Gasteiger partial charge in [0.25, 0.3) is 0 Å². The maximum Gasteiger partial charge on any atom is 0.0464 e. The van der Waals surface area contributed by atoms with E-state index in [1.54, 1.807) is 0 Å². The van der Waals surface area contributed by atoms with Gasteiger partial charge in [0.1, 0.15) is 0 Å². The van der Waals surface area contributed by atoms with E-state index in [0.717, 1.165) is 5.92 Å². The third kappa shape index (κ3) is 0.736. The Morgan fingerprint density at radius 3 is 2.25 bits per heavy atom. The van der Waals surface area contributed by atoms with Crippen LogP contribution in [0.25, 0.3) is 0 Å². The van der Waals surface area contributed by atoms with Crippen LogP contribution in [0.4, 0.5) is 0 Å². The van der Waals surface area contributed by atoms with Gasteiger partial charge in [-0.3, -0.25) is 0 Å². The lowest BCUT2D eigenvalue weighted by Gasteiger charge is -2.38. The lowest BCUT2D eigenvalue weighted by Crippen LogP contribution is -2.33. The van der Waals surface area contributed by atoms with Crippen LogP contribution in [0.1, 0.15) is 40.0 Å². The van der Waals surface area contributed by atoms with Crippen LogP contribution in [0.15, 0.2) is 0 Å². The molecule has 1 N–H and O–H groups in total. The highest BCUT2D eigenvalue weighted by Crippen LogP contribution is 2.67. The van der Waals surface area contributed by atoms with Crippen LogP contribution in [-0.2, 0) is 0 Å². The molecule has 1 nitrogen and oxygen atoms in total. The monoisotopic (exact) mass is 168 g/mol. The first-order chi connectivity index (χ1) is 5.52. The SMILES string of the molecule is CC1(C)C2CCC1(C)[C@H](CO)C2. The van der Waals surface area contributed by atoms with E-state index in [0.29, 0.717) is 23.4 Å². The fraction of sp³-hybridized carbons (Fsp3) is 1.00. The summed E-state index contributed by atoms with van der Waals surface area (Å²) in [5, 5.41) is 9.29. The molecular weight excluding hydrogens is 148 g/mol. The third-order valence-electron chi connectivity index (χ3n) is 5.20. The number of hydrogen-bond acceptors (Lipinski definition) is 1. The van der Waals surface area contributed by atoms with Crippen LogP contribution in [-0.4, -0.2) is 11.7 Å². The molecule has 0 saturated heterocycles. The second kappa shape index (κ2) is 2.25. The summed E-state index contributed by atoms with van der Waals surface area (Å²) in [6.45, 7) is 7.55. The molecule has 0 spiro atoms. The van der Waals surface area contributed by atoms with Crippen molar-refractivity contribution < 1.29 is 5.11 Å². The van der Waals surface area contributed by atoms with Crippen molar-refractivity contribution in [3.8, 4) is 0 Å². The van der Waals surface area contributed by atoms with Gasteiger partial charge in [0.15, 0.2) is 0 Å². The number of aliphatic hydroxyl groups is 1. The van der Waals surface area contributed by atoms with Gasteiger partial charge >= 0.3 is 0 Å². The minimum absolute atomic E-state index is 0.399. The van der Waals surface area contributed by atoms with Crippen molar-refractivity contribution in [1.82, 2.24) is 0 Å². The Balaban J connectivity index is 2.33. The molecule has 0 aromatic heterocycles. The molecule has 2 aliphatic rings. The van der Waals surface area contributed by atoms with Crippen molar-refractivity contribution >= 4 is 0 Å². The molecule has 1 heteroatoms. The minimum Gasteiger partial charge on any atom is -0.396 e. The third-order valence-corrected chi connectivity index (χ3v) is 5.20. The quantitative estimate of drug-likeness (QED) is 0.637. The molecule has 0 aromatic rings. The second-order valence-corrected chi connectivity index (χ2v) is 5.49. The summed E-state index contributed by atoms with van der Waals surface area (Å²) >= 11 is 0. The molecule has 0 amide bonds. The van der Waals surface area contributed by atoms with Gasteiger partial charge in [0, 0.05) is 6.61 Å². The second-order valence-electron chi connectivity index (χ2n) is 5.49. The van der Waals surface area contributed by atoms with Gasteiger partial charge in [-0.25, -0.2) is 0 Å². The highest BCUT2D eigenvalue weighted by atomic mass is 16.3. The molecule has 0 radical (unpaired) electrons. The van der Waals surface area contributed by atoms with E-state index in [1.807, 2.05) is 0 Å². The van der Waals surface area contributed by atoms with Crippen molar-refractivity contribution in [2.75, 3.05) is 6.61 Å². The first kappa shape index (κ1) is 8.55. The van der Waals surface area contributed by atoms with Crippen LogP contribution in [0.2, 0.25) is 0 Å². The maximum absolute atomic E-state index is 9.29. The number of fused-ring (bicyclic) bond motifs is 2. The summed E-state index contributed by atoms with van der Waals surface area (Å²) in [5.41, 5.74) is 0.896. The van der Waals surface area contributed by atoms with Gasteiger partial charge in [0.05, 0.1) is 0 Å². The zero-order valence-electron chi connectivity index (χ0n) is 8.43. The van der Waals surface area contributed by atoms with Gasteiger partial charge in [0.2, 0.25) is 0 Å². The van der Waals surface area contributed by atoms with E-state index in [9.17, 15) is 5.11 Å². The van der Waals surface area contributed by atoms with Crippen LogP contribution in [0.3, 0.4) is 0 Å². The molecule has 2 saturated carbocycles. The Morgan fingerprint density at radius 2 is 2.00 bits per heavy atom. The molecule has 2 fully saturated rings. The minimum atomic E-state index is 0.399. The standard InChI is InChI=1S/C11H20O/c1-10(2)8-4-5-11(10,3)9(6-8)7-12/h8-9,12H,4-7H2,1-3H3/t8?,9-,11?/m0/s1. The van der Waals surface area contributed by atoms with Gasteiger partial charge in [-0.1, -0.05) is 20.8 Å². The average Bonchev–Trinajstić information content (AvgIpc) is 2.34. The van der Waals surface area contributed by atoms with Crippen molar-refractivity contribution in [3.63, 3.8) is 0 Å².